The number of piperidine rings is 3. The van der Waals surface area contributed by atoms with Gasteiger partial charge in [-0.2, -0.15) is 0 Å². The van der Waals surface area contributed by atoms with Crippen LogP contribution < -0.4 is 10.1 Å². The van der Waals surface area contributed by atoms with Crippen LogP contribution in [-0.4, -0.2) is 64.0 Å². The predicted octanol–water partition coefficient (Wildman–Crippen LogP) is 2.95. The second-order valence-corrected chi connectivity index (χ2v) is 10.2. The van der Waals surface area contributed by atoms with Gasteiger partial charge >= 0.3 is 0 Å². The molecule has 0 spiro atoms. The van der Waals surface area contributed by atoms with Crippen molar-refractivity contribution in [3.63, 3.8) is 0 Å². The van der Waals surface area contributed by atoms with Crippen molar-refractivity contribution in [2.45, 2.75) is 45.1 Å². The number of hydrogen-bond donors (Lipinski definition) is 1. The van der Waals surface area contributed by atoms with Crippen LogP contribution in [0.5, 0.6) is 5.75 Å². The molecule has 3 saturated heterocycles. The van der Waals surface area contributed by atoms with E-state index in [9.17, 15) is 4.79 Å². The molecular formula is C28H36N6O2. The smallest absolute Gasteiger partial charge is 0.224 e. The van der Waals surface area contributed by atoms with Gasteiger partial charge in [0.15, 0.2) is 0 Å². The summed E-state index contributed by atoms with van der Waals surface area (Å²) in [6.07, 6.45) is 4.17. The number of amides is 1. The van der Waals surface area contributed by atoms with Gasteiger partial charge in [0.2, 0.25) is 5.91 Å². The Hall–Kier alpha value is -3.23. The van der Waals surface area contributed by atoms with E-state index in [1.807, 2.05) is 35.0 Å². The summed E-state index contributed by atoms with van der Waals surface area (Å²) in [5, 5.41) is 12.0. The summed E-state index contributed by atoms with van der Waals surface area (Å²) in [4.78, 5) is 17.8. The zero-order chi connectivity index (χ0) is 24.9. The van der Waals surface area contributed by atoms with Gasteiger partial charge in [0.05, 0.1) is 25.3 Å². The van der Waals surface area contributed by atoms with E-state index in [-0.39, 0.29) is 11.8 Å². The molecule has 3 fully saturated rings. The number of methoxy groups -OCH3 is 1. The molecule has 1 N–H and O–H groups in total. The number of nitrogens with zero attached hydrogens (tertiary/aromatic N) is 5. The van der Waals surface area contributed by atoms with Crippen molar-refractivity contribution in [1.82, 2.24) is 30.1 Å². The Balaban J connectivity index is 1.12. The molecule has 1 unspecified atom stereocenters. The van der Waals surface area contributed by atoms with Crippen LogP contribution in [0.2, 0.25) is 0 Å². The molecule has 6 rings (SSSR count). The molecule has 3 aliphatic heterocycles. The van der Waals surface area contributed by atoms with Crippen molar-refractivity contribution < 1.29 is 9.53 Å². The first-order valence-corrected chi connectivity index (χ1v) is 12.8. The number of carbonyl (C=O) groups excluding carboxylic acids is 1. The fraction of sp³-hybridized carbons (Fsp3) is 0.464. The van der Waals surface area contributed by atoms with Gasteiger partial charge in [0, 0.05) is 44.0 Å². The molecule has 8 heteroatoms. The minimum Gasteiger partial charge on any atom is -0.496 e. The molecule has 4 atom stereocenters. The maximum atomic E-state index is 13.1. The molecule has 1 amide bonds. The van der Waals surface area contributed by atoms with Crippen molar-refractivity contribution in [1.29, 1.82) is 0 Å². The van der Waals surface area contributed by atoms with Gasteiger partial charge < -0.3 is 10.1 Å². The second kappa shape index (κ2) is 11.2. The fourth-order valence-electron chi connectivity index (χ4n) is 5.73. The number of fused-ring (bicyclic) bond motifs is 3. The molecule has 2 aromatic carbocycles. The minimum atomic E-state index is 0.0441. The highest BCUT2D eigenvalue weighted by atomic mass is 16.5. The highest BCUT2D eigenvalue weighted by Gasteiger charge is 2.43. The molecule has 2 bridgehead atoms. The molecule has 3 aliphatic rings. The van der Waals surface area contributed by atoms with E-state index in [2.05, 4.69) is 62.9 Å². The van der Waals surface area contributed by atoms with Crippen LogP contribution in [0.25, 0.3) is 0 Å². The van der Waals surface area contributed by atoms with Crippen molar-refractivity contribution >= 4 is 5.91 Å². The van der Waals surface area contributed by atoms with Crippen molar-refractivity contribution in [2.75, 3.05) is 27.2 Å². The van der Waals surface area contributed by atoms with E-state index in [0.29, 0.717) is 18.5 Å². The lowest BCUT2D eigenvalue weighted by Crippen LogP contribution is -2.58. The number of rotatable bonds is 10. The third-order valence-electron chi connectivity index (χ3n) is 7.57. The van der Waals surface area contributed by atoms with Crippen molar-refractivity contribution in [3.8, 4) is 5.75 Å². The van der Waals surface area contributed by atoms with E-state index in [1.54, 1.807) is 7.11 Å². The van der Waals surface area contributed by atoms with Crippen molar-refractivity contribution in [3.05, 3.63) is 77.6 Å². The lowest BCUT2D eigenvalue weighted by atomic mass is 9.75. The van der Waals surface area contributed by atoms with Gasteiger partial charge in [-0.15, -0.1) is 5.10 Å². The van der Waals surface area contributed by atoms with Crippen LogP contribution >= 0.6 is 0 Å². The molecule has 4 heterocycles. The predicted molar refractivity (Wildman–Crippen MR) is 138 cm³/mol. The second-order valence-electron chi connectivity index (χ2n) is 10.2. The van der Waals surface area contributed by atoms with Crippen LogP contribution in [-0.2, 0) is 31.0 Å². The zero-order valence-corrected chi connectivity index (χ0v) is 21.2. The number of benzene rings is 2. The average molecular weight is 489 g/mol. The minimum absolute atomic E-state index is 0.0441. The molecule has 190 valence electrons. The van der Waals surface area contributed by atoms with Gasteiger partial charge in [-0.3, -0.25) is 19.3 Å². The third-order valence-corrected chi connectivity index (χ3v) is 7.57. The Morgan fingerprint density at radius 1 is 1.14 bits per heavy atom. The first kappa shape index (κ1) is 24.5. The van der Waals surface area contributed by atoms with Gasteiger partial charge in [-0.05, 0) is 44.0 Å². The van der Waals surface area contributed by atoms with E-state index in [4.69, 9.17) is 4.74 Å². The summed E-state index contributed by atoms with van der Waals surface area (Å²) in [7, 11) is 3.77. The third kappa shape index (κ3) is 5.77. The van der Waals surface area contributed by atoms with Crippen LogP contribution in [0.4, 0.5) is 0 Å². The first-order valence-electron chi connectivity index (χ1n) is 12.8. The summed E-state index contributed by atoms with van der Waals surface area (Å²) < 4.78 is 7.40. The maximum absolute atomic E-state index is 13.1. The highest BCUT2D eigenvalue weighted by Crippen LogP contribution is 2.37. The average Bonchev–Trinajstić information content (AvgIpc) is 3.34. The Morgan fingerprint density at radius 3 is 2.72 bits per heavy atom. The largest absolute Gasteiger partial charge is 0.496 e. The van der Waals surface area contributed by atoms with Gasteiger partial charge in [0.25, 0.3) is 0 Å². The molecule has 3 aromatic rings. The molecule has 36 heavy (non-hydrogen) atoms. The summed E-state index contributed by atoms with van der Waals surface area (Å²) >= 11 is 0. The van der Waals surface area contributed by atoms with E-state index in [1.165, 1.54) is 5.56 Å². The normalized spacial score (nSPS) is 23.1. The van der Waals surface area contributed by atoms with E-state index >= 15 is 0 Å². The Kier molecular flexibility index (Phi) is 7.63. The first-order chi connectivity index (χ1) is 17.6. The molecule has 0 radical (unpaired) electrons. The Bertz CT molecular complexity index is 1150. The number of hydrogen-bond acceptors (Lipinski definition) is 6. The molecule has 0 saturated carbocycles. The van der Waals surface area contributed by atoms with Gasteiger partial charge in [-0.1, -0.05) is 53.7 Å². The SMILES string of the molecule is COc1ccccc1CNC(=O)[C@H]1CN2CC[C@@H]1C[C@@H]2Cn1cc(CN(C)Cc2ccccc2)nn1. The van der Waals surface area contributed by atoms with Gasteiger partial charge in [-0.25, -0.2) is 0 Å². The molecule has 8 nitrogen and oxygen atoms in total. The topological polar surface area (TPSA) is 75.5 Å². The number of nitrogens with one attached hydrogen (secondary N) is 1. The quantitative estimate of drug-likeness (QED) is 0.473. The fourth-order valence-corrected chi connectivity index (χ4v) is 5.73. The summed E-state index contributed by atoms with van der Waals surface area (Å²) in [5.74, 6) is 1.42. The molecule has 0 aliphatic carbocycles. The molecular weight excluding hydrogens is 452 g/mol. The number of para-hydroxylation sites is 1. The van der Waals surface area contributed by atoms with Crippen LogP contribution in [0, 0.1) is 11.8 Å². The van der Waals surface area contributed by atoms with Crippen LogP contribution in [0.1, 0.15) is 29.7 Å². The highest BCUT2D eigenvalue weighted by molar-refractivity contribution is 5.79. The van der Waals surface area contributed by atoms with Crippen LogP contribution in [0.3, 0.4) is 0 Å². The summed E-state index contributed by atoms with van der Waals surface area (Å²) in [6.45, 7) is 4.82. The molecule has 1 aromatic heterocycles. The lowest BCUT2D eigenvalue weighted by molar-refractivity contribution is -0.133. The summed E-state index contributed by atoms with van der Waals surface area (Å²) in [6, 6.07) is 18.7. The lowest BCUT2D eigenvalue weighted by Gasteiger charge is -2.49. The standard InChI is InChI=1S/C28H36N6O2/c1-32(16-21-8-4-3-5-9-21)17-24-18-34(31-30-24)19-25-14-22-12-13-33(25)20-26(22)28(35)29-15-23-10-6-7-11-27(23)36-2/h3-11,18,22,25-26H,12-17,19-20H2,1-2H3,(H,29,35)/t22-,25-,26+/m1/s1. The maximum Gasteiger partial charge on any atom is 0.224 e. The van der Waals surface area contributed by atoms with Gasteiger partial charge in [0.1, 0.15) is 5.75 Å². The Morgan fingerprint density at radius 2 is 1.94 bits per heavy atom. The number of carbonyl (C=O) groups is 1. The zero-order valence-electron chi connectivity index (χ0n) is 21.2. The van der Waals surface area contributed by atoms with Crippen LogP contribution in [0.15, 0.2) is 60.8 Å². The monoisotopic (exact) mass is 488 g/mol. The van der Waals surface area contributed by atoms with E-state index < -0.39 is 0 Å². The summed E-state index contributed by atoms with van der Waals surface area (Å²) in [5.41, 5.74) is 3.28. The van der Waals surface area contributed by atoms with Crippen molar-refractivity contribution in [2.24, 2.45) is 11.8 Å². The van der Waals surface area contributed by atoms with E-state index in [0.717, 1.165) is 62.6 Å². The Labute approximate surface area is 213 Å². The number of ether oxygens (including phenoxy) is 1. The number of aromatic nitrogens is 3.